The summed E-state index contributed by atoms with van der Waals surface area (Å²) in [5, 5.41) is 14.5. The second-order valence-electron chi connectivity index (χ2n) is 8.05. The summed E-state index contributed by atoms with van der Waals surface area (Å²) >= 11 is 0. The normalized spacial score (nSPS) is 13.3. The summed E-state index contributed by atoms with van der Waals surface area (Å²) in [6.45, 7) is 3.75. The summed E-state index contributed by atoms with van der Waals surface area (Å²) in [5.41, 5.74) is 1.72. The maximum Gasteiger partial charge on any atom is 0.293 e. The van der Waals surface area contributed by atoms with Crippen LogP contribution >= 0.6 is 0 Å². The van der Waals surface area contributed by atoms with E-state index in [-0.39, 0.29) is 23.8 Å². The molecule has 0 radical (unpaired) electrons. The quantitative estimate of drug-likeness (QED) is 0.410. The lowest BCUT2D eigenvalue weighted by atomic mass is 10.1. The summed E-state index contributed by atoms with van der Waals surface area (Å²) in [6.07, 6.45) is 1.69. The largest absolute Gasteiger partial charge is 0.487 e. The van der Waals surface area contributed by atoms with Gasteiger partial charge in [-0.25, -0.2) is 0 Å². The first-order chi connectivity index (χ1) is 16.9. The van der Waals surface area contributed by atoms with Crippen molar-refractivity contribution in [1.82, 2.24) is 9.88 Å². The van der Waals surface area contributed by atoms with Gasteiger partial charge in [0.25, 0.3) is 11.6 Å². The number of nitro benzene ring substituents is 1. The Bertz CT molecular complexity index is 1230. The molecule has 0 aliphatic carbocycles. The van der Waals surface area contributed by atoms with Gasteiger partial charge < -0.3 is 19.9 Å². The van der Waals surface area contributed by atoms with Crippen molar-refractivity contribution in [3.8, 4) is 5.75 Å². The SMILES string of the molecule is CC(=O)N1CCN(c2ccc(C(=O)Nc3cccc(OCc4ccccn4)c3)cc2[N+](=O)[O-])CC1. The van der Waals surface area contributed by atoms with Gasteiger partial charge in [0.1, 0.15) is 18.0 Å². The third-order valence-corrected chi connectivity index (χ3v) is 5.70. The molecule has 10 heteroatoms. The highest BCUT2D eigenvalue weighted by molar-refractivity contribution is 6.05. The number of nitrogens with one attached hydrogen (secondary N) is 1. The summed E-state index contributed by atoms with van der Waals surface area (Å²) in [7, 11) is 0. The van der Waals surface area contributed by atoms with E-state index >= 15 is 0 Å². The lowest BCUT2D eigenvalue weighted by Gasteiger charge is -2.35. The molecule has 2 heterocycles. The van der Waals surface area contributed by atoms with Crippen molar-refractivity contribution in [3.05, 3.63) is 88.2 Å². The summed E-state index contributed by atoms with van der Waals surface area (Å²) < 4.78 is 5.74. The Morgan fingerprint density at radius 2 is 1.86 bits per heavy atom. The molecule has 1 aliphatic rings. The number of ether oxygens (including phenoxy) is 1. The van der Waals surface area contributed by atoms with Gasteiger partial charge in [-0.2, -0.15) is 0 Å². The molecule has 1 aliphatic heterocycles. The zero-order chi connectivity index (χ0) is 24.8. The molecular weight excluding hydrogens is 450 g/mol. The van der Waals surface area contributed by atoms with Crippen molar-refractivity contribution >= 4 is 28.9 Å². The molecule has 3 aromatic rings. The molecule has 0 unspecified atom stereocenters. The third-order valence-electron chi connectivity index (χ3n) is 5.70. The van der Waals surface area contributed by atoms with E-state index in [2.05, 4.69) is 10.3 Å². The van der Waals surface area contributed by atoms with Gasteiger partial charge in [-0.3, -0.25) is 24.7 Å². The Labute approximate surface area is 202 Å². The number of hydrogen-bond acceptors (Lipinski definition) is 7. The van der Waals surface area contributed by atoms with Gasteiger partial charge in [-0.05, 0) is 36.4 Å². The number of carbonyl (C=O) groups excluding carboxylic acids is 2. The average molecular weight is 476 g/mol. The van der Waals surface area contributed by atoms with Gasteiger partial charge in [-0.1, -0.05) is 12.1 Å². The molecule has 1 fully saturated rings. The predicted molar refractivity (Wildman–Crippen MR) is 131 cm³/mol. The second kappa shape index (κ2) is 10.6. The summed E-state index contributed by atoms with van der Waals surface area (Å²) in [5.74, 6) is 0.0692. The van der Waals surface area contributed by atoms with Crippen LogP contribution in [0.4, 0.5) is 17.1 Å². The van der Waals surface area contributed by atoms with Crippen LogP contribution in [0.25, 0.3) is 0 Å². The van der Waals surface area contributed by atoms with Crippen LogP contribution in [0.5, 0.6) is 5.75 Å². The zero-order valence-electron chi connectivity index (χ0n) is 19.2. The molecule has 10 nitrogen and oxygen atoms in total. The van der Waals surface area contributed by atoms with Gasteiger partial charge in [0.2, 0.25) is 5.91 Å². The number of aromatic nitrogens is 1. The smallest absolute Gasteiger partial charge is 0.293 e. The number of hydrogen-bond donors (Lipinski definition) is 1. The zero-order valence-corrected chi connectivity index (χ0v) is 19.2. The summed E-state index contributed by atoms with van der Waals surface area (Å²) in [6, 6.07) is 16.9. The van der Waals surface area contributed by atoms with Crippen LogP contribution in [0.1, 0.15) is 23.0 Å². The number of benzene rings is 2. The molecule has 4 rings (SSSR count). The highest BCUT2D eigenvalue weighted by Gasteiger charge is 2.26. The molecule has 1 aromatic heterocycles. The number of pyridine rings is 1. The van der Waals surface area contributed by atoms with E-state index in [1.165, 1.54) is 13.0 Å². The molecule has 0 saturated carbocycles. The van der Waals surface area contributed by atoms with Gasteiger partial charge in [-0.15, -0.1) is 0 Å². The fourth-order valence-corrected chi connectivity index (χ4v) is 3.85. The topological polar surface area (TPSA) is 118 Å². The molecule has 180 valence electrons. The molecule has 2 aromatic carbocycles. The van der Waals surface area contributed by atoms with Crippen LogP contribution in [-0.2, 0) is 11.4 Å². The van der Waals surface area contributed by atoms with E-state index in [4.69, 9.17) is 4.74 Å². The van der Waals surface area contributed by atoms with E-state index in [9.17, 15) is 19.7 Å². The Kier molecular flexibility index (Phi) is 7.20. The van der Waals surface area contributed by atoms with E-state index in [0.717, 1.165) is 5.69 Å². The molecule has 35 heavy (non-hydrogen) atoms. The van der Waals surface area contributed by atoms with Crippen LogP contribution in [0, 0.1) is 10.1 Å². The Morgan fingerprint density at radius 1 is 1.06 bits per heavy atom. The Morgan fingerprint density at radius 3 is 2.54 bits per heavy atom. The Hall–Kier alpha value is -4.47. The second-order valence-corrected chi connectivity index (χ2v) is 8.05. The van der Waals surface area contributed by atoms with Crippen molar-refractivity contribution in [2.75, 3.05) is 36.4 Å². The van der Waals surface area contributed by atoms with Crippen molar-refractivity contribution in [3.63, 3.8) is 0 Å². The first kappa shape index (κ1) is 23.7. The minimum Gasteiger partial charge on any atom is -0.487 e. The molecule has 0 atom stereocenters. The number of nitro groups is 1. The number of rotatable bonds is 7. The lowest BCUT2D eigenvalue weighted by molar-refractivity contribution is -0.384. The van der Waals surface area contributed by atoms with Crippen molar-refractivity contribution in [2.45, 2.75) is 13.5 Å². The van der Waals surface area contributed by atoms with E-state index in [1.54, 1.807) is 47.5 Å². The minimum atomic E-state index is -0.491. The molecule has 0 spiro atoms. The molecule has 0 bridgehead atoms. The van der Waals surface area contributed by atoms with Crippen LogP contribution in [0.3, 0.4) is 0 Å². The first-order valence-electron chi connectivity index (χ1n) is 11.1. The standard InChI is InChI=1S/C25H25N5O5/c1-18(31)28-11-13-29(14-12-28)23-9-8-19(15-24(23)30(33)34)25(32)27-20-6-4-7-22(16-20)35-17-21-5-2-3-10-26-21/h2-10,15-16H,11-14,17H2,1H3,(H,27,32). The van der Waals surface area contributed by atoms with Crippen LogP contribution < -0.4 is 15.0 Å². The fourth-order valence-electron chi connectivity index (χ4n) is 3.85. The Balaban J connectivity index is 1.44. The number of carbonyl (C=O) groups is 2. The van der Waals surface area contributed by atoms with E-state index in [0.29, 0.717) is 43.3 Å². The number of piperazine rings is 1. The predicted octanol–water partition coefficient (Wildman–Crippen LogP) is 3.49. The van der Waals surface area contributed by atoms with Crippen molar-refractivity contribution in [1.29, 1.82) is 0 Å². The van der Waals surface area contributed by atoms with Gasteiger partial charge in [0.15, 0.2) is 0 Å². The minimum absolute atomic E-state index is 0.0163. The molecular formula is C25H25N5O5. The van der Waals surface area contributed by atoms with Crippen LogP contribution in [-0.4, -0.2) is 52.8 Å². The first-order valence-corrected chi connectivity index (χ1v) is 11.1. The van der Waals surface area contributed by atoms with Gasteiger partial charge in [0, 0.05) is 62.7 Å². The molecule has 2 amide bonds. The monoisotopic (exact) mass is 475 g/mol. The molecule has 1 N–H and O–H groups in total. The van der Waals surface area contributed by atoms with E-state index in [1.807, 2.05) is 23.1 Å². The lowest BCUT2D eigenvalue weighted by Crippen LogP contribution is -2.48. The van der Waals surface area contributed by atoms with Crippen LogP contribution in [0.15, 0.2) is 66.9 Å². The maximum atomic E-state index is 12.8. The third kappa shape index (κ3) is 5.91. The van der Waals surface area contributed by atoms with Gasteiger partial charge in [0.05, 0.1) is 10.6 Å². The number of amides is 2. The molecule has 1 saturated heterocycles. The number of nitrogens with zero attached hydrogens (tertiary/aromatic N) is 4. The van der Waals surface area contributed by atoms with Gasteiger partial charge >= 0.3 is 0 Å². The van der Waals surface area contributed by atoms with E-state index < -0.39 is 10.8 Å². The highest BCUT2D eigenvalue weighted by Crippen LogP contribution is 2.30. The summed E-state index contributed by atoms with van der Waals surface area (Å²) in [4.78, 5) is 43.4. The fraction of sp³-hybridized carbons (Fsp3) is 0.240. The number of anilines is 2. The van der Waals surface area contributed by atoms with Crippen molar-refractivity contribution in [2.24, 2.45) is 0 Å². The highest BCUT2D eigenvalue weighted by atomic mass is 16.6. The van der Waals surface area contributed by atoms with Crippen molar-refractivity contribution < 1.29 is 19.2 Å². The average Bonchev–Trinajstić information content (AvgIpc) is 2.88. The maximum absolute atomic E-state index is 12.8. The van der Waals surface area contributed by atoms with Crippen LogP contribution in [0.2, 0.25) is 0 Å².